The fourth-order valence-electron chi connectivity index (χ4n) is 3.37. The van der Waals surface area contributed by atoms with Crippen molar-refractivity contribution in [1.29, 1.82) is 0 Å². The molecule has 30 heavy (non-hydrogen) atoms. The standard InChI is InChI=1S/C23H15F3N2O2/c1-27(17-5-3-2-4-6-17)21-20(14-7-9-15(24)10-8-14)22(29)28(23(21)30)19-12-11-16(25)13-18(19)26/h2-13H,1H3. The van der Waals surface area contributed by atoms with Crippen LogP contribution in [-0.4, -0.2) is 18.9 Å². The lowest BCUT2D eigenvalue weighted by Crippen LogP contribution is -2.34. The molecule has 0 N–H and O–H groups in total. The number of hydrogen-bond donors (Lipinski definition) is 0. The van der Waals surface area contributed by atoms with Crippen molar-refractivity contribution in [2.24, 2.45) is 0 Å². The van der Waals surface area contributed by atoms with Gasteiger partial charge in [0.1, 0.15) is 23.1 Å². The number of likely N-dealkylation sites (N-methyl/N-ethyl adjacent to an activating group) is 1. The van der Waals surface area contributed by atoms with Crippen molar-refractivity contribution >= 4 is 28.8 Å². The fraction of sp³-hybridized carbons (Fsp3) is 0.0435. The van der Waals surface area contributed by atoms with E-state index in [1.54, 1.807) is 37.4 Å². The largest absolute Gasteiger partial charge is 0.339 e. The zero-order chi connectivity index (χ0) is 21.4. The van der Waals surface area contributed by atoms with E-state index in [-0.39, 0.29) is 17.0 Å². The molecule has 7 heteroatoms. The van der Waals surface area contributed by atoms with Gasteiger partial charge in [-0.3, -0.25) is 9.59 Å². The number of halogens is 3. The minimum absolute atomic E-state index is 0.00142. The van der Waals surface area contributed by atoms with Crippen molar-refractivity contribution in [1.82, 2.24) is 0 Å². The number of imide groups is 1. The summed E-state index contributed by atoms with van der Waals surface area (Å²) in [4.78, 5) is 28.7. The van der Waals surface area contributed by atoms with E-state index in [0.717, 1.165) is 12.1 Å². The Morgan fingerprint density at radius 3 is 2.03 bits per heavy atom. The molecule has 4 rings (SSSR count). The van der Waals surface area contributed by atoms with Crippen LogP contribution in [0.5, 0.6) is 0 Å². The van der Waals surface area contributed by atoms with Gasteiger partial charge in [-0.25, -0.2) is 18.1 Å². The Labute approximate surface area is 170 Å². The molecule has 2 amide bonds. The smallest absolute Gasteiger partial charge is 0.282 e. The minimum Gasteiger partial charge on any atom is -0.339 e. The Hall–Kier alpha value is -3.87. The SMILES string of the molecule is CN(C1=C(c2ccc(F)cc2)C(=O)N(c2ccc(F)cc2F)C1=O)c1ccccc1. The number of anilines is 2. The minimum atomic E-state index is -1.04. The molecular formula is C23H15F3N2O2. The Kier molecular flexibility index (Phi) is 4.87. The first-order valence-corrected chi connectivity index (χ1v) is 9.01. The maximum Gasteiger partial charge on any atom is 0.282 e. The third kappa shape index (κ3) is 3.24. The van der Waals surface area contributed by atoms with Gasteiger partial charge in [0.25, 0.3) is 11.8 Å². The fourth-order valence-corrected chi connectivity index (χ4v) is 3.37. The van der Waals surface area contributed by atoms with Crippen molar-refractivity contribution in [3.63, 3.8) is 0 Å². The number of amides is 2. The summed E-state index contributed by atoms with van der Waals surface area (Å²) in [7, 11) is 1.60. The summed E-state index contributed by atoms with van der Waals surface area (Å²) in [6, 6.07) is 16.5. The molecule has 4 nitrogen and oxygen atoms in total. The van der Waals surface area contributed by atoms with E-state index in [9.17, 15) is 22.8 Å². The highest BCUT2D eigenvalue weighted by Gasteiger charge is 2.43. The predicted octanol–water partition coefficient (Wildman–Crippen LogP) is 4.52. The first-order valence-electron chi connectivity index (χ1n) is 9.01. The molecule has 0 bridgehead atoms. The number of carbonyl (C=O) groups is 2. The van der Waals surface area contributed by atoms with Crippen molar-refractivity contribution < 1.29 is 22.8 Å². The second-order valence-electron chi connectivity index (χ2n) is 6.67. The molecule has 3 aromatic carbocycles. The van der Waals surface area contributed by atoms with E-state index in [1.807, 2.05) is 0 Å². The third-order valence-corrected chi connectivity index (χ3v) is 4.82. The maximum absolute atomic E-state index is 14.4. The number of hydrogen-bond acceptors (Lipinski definition) is 3. The molecule has 150 valence electrons. The van der Waals surface area contributed by atoms with Crippen LogP contribution >= 0.6 is 0 Å². The molecule has 0 saturated heterocycles. The molecule has 0 aromatic heterocycles. The van der Waals surface area contributed by atoms with E-state index in [2.05, 4.69) is 0 Å². The monoisotopic (exact) mass is 408 g/mol. The van der Waals surface area contributed by atoms with E-state index in [0.29, 0.717) is 22.2 Å². The van der Waals surface area contributed by atoms with Crippen LogP contribution in [0, 0.1) is 17.5 Å². The second kappa shape index (κ2) is 7.51. The van der Waals surface area contributed by atoms with Gasteiger partial charge in [0, 0.05) is 18.8 Å². The van der Waals surface area contributed by atoms with Crippen LogP contribution in [0.25, 0.3) is 5.57 Å². The molecule has 0 spiro atoms. The average Bonchev–Trinajstić information content (AvgIpc) is 2.99. The topological polar surface area (TPSA) is 40.6 Å². The third-order valence-electron chi connectivity index (χ3n) is 4.82. The van der Waals surface area contributed by atoms with E-state index >= 15 is 0 Å². The molecule has 0 fully saturated rings. The Morgan fingerprint density at radius 2 is 1.40 bits per heavy atom. The van der Waals surface area contributed by atoms with Gasteiger partial charge in [0.15, 0.2) is 0 Å². The summed E-state index contributed by atoms with van der Waals surface area (Å²) in [6.07, 6.45) is 0. The molecule has 0 atom stereocenters. The molecule has 3 aromatic rings. The maximum atomic E-state index is 14.4. The lowest BCUT2D eigenvalue weighted by Gasteiger charge is -2.21. The Morgan fingerprint density at radius 1 is 0.767 bits per heavy atom. The molecule has 1 heterocycles. The normalized spacial score (nSPS) is 13.9. The van der Waals surface area contributed by atoms with Gasteiger partial charge in [-0.1, -0.05) is 30.3 Å². The van der Waals surface area contributed by atoms with Crippen molar-refractivity contribution in [3.05, 3.63) is 102 Å². The highest BCUT2D eigenvalue weighted by atomic mass is 19.1. The lowest BCUT2D eigenvalue weighted by molar-refractivity contribution is -0.120. The second-order valence-corrected chi connectivity index (χ2v) is 6.67. The van der Waals surface area contributed by atoms with Crippen LogP contribution in [-0.2, 0) is 9.59 Å². The molecular weight excluding hydrogens is 393 g/mol. The average molecular weight is 408 g/mol. The predicted molar refractivity (Wildman–Crippen MR) is 107 cm³/mol. The van der Waals surface area contributed by atoms with Crippen LogP contribution in [0.3, 0.4) is 0 Å². The van der Waals surface area contributed by atoms with Crippen molar-refractivity contribution in [2.75, 3.05) is 16.8 Å². The highest BCUT2D eigenvalue weighted by molar-refractivity contribution is 6.46. The highest BCUT2D eigenvalue weighted by Crippen LogP contribution is 2.37. The van der Waals surface area contributed by atoms with Crippen molar-refractivity contribution in [2.45, 2.75) is 0 Å². The van der Waals surface area contributed by atoms with Gasteiger partial charge in [-0.15, -0.1) is 0 Å². The summed E-state index contributed by atoms with van der Waals surface area (Å²) >= 11 is 0. The number of benzene rings is 3. The van der Waals surface area contributed by atoms with Gasteiger partial charge in [0.05, 0.1) is 11.3 Å². The number of nitrogens with zero attached hydrogens (tertiary/aromatic N) is 2. The van der Waals surface area contributed by atoms with Crippen LogP contribution in [0.15, 0.2) is 78.5 Å². The number of carbonyl (C=O) groups excluding carboxylic acids is 2. The summed E-state index contributed by atoms with van der Waals surface area (Å²) in [5.41, 5.74) is 0.561. The summed E-state index contributed by atoms with van der Waals surface area (Å²) in [6.45, 7) is 0. The van der Waals surface area contributed by atoms with Gasteiger partial charge in [-0.05, 0) is 42.0 Å². The summed E-state index contributed by atoms with van der Waals surface area (Å²) in [5.74, 6) is -3.93. The number of rotatable bonds is 4. The zero-order valence-electron chi connectivity index (χ0n) is 15.8. The first kappa shape index (κ1) is 19.4. The number of para-hydroxylation sites is 1. The molecule has 0 radical (unpaired) electrons. The van der Waals surface area contributed by atoms with E-state index < -0.39 is 29.3 Å². The van der Waals surface area contributed by atoms with Gasteiger partial charge < -0.3 is 4.90 Å². The molecule has 0 saturated carbocycles. The van der Waals surface area contributed by atoms with Gasteiger partial charge >= 0.3 is 0 Å². The summed E-state index contributed by atoms with van der Waals surface area (Å²) < 4.78 is 41.2. The van der Waals surface area contributed by atoms with Gasteiger partial charge in [-0.2, -0.15) is 0 Å². The van der Waals surface area contributed by atoms with Crippen LogP contribution < -0.4 is 9.80 Å². The molecule has 1 aliphatic heterocycles. The van der Waals surface area contributed by atoms with Crippen LogP contribution in [0.2, 0.25) is 0 Å². The first-order chi connectivity index (χ1) is 14.4. The Bertz CT molecular complexity index is 1170. The van der Waals surface area contributed by atoms with Crippen LogP contribution in [0.1, 0.15) is 5.56 Å². The molecule has 0 unspecified atom stereocenters. The van der Waals surface area contributed by atoms with E-state index in [4.69, 9.17) is 0 Å². The Balaban J connectivity index is 1.89. The molecule has 1 aliphatic rings. The quantitative estimate of drug-likeness (QED) is 0.596. The van der Waals surface area contributed by atoms with Crippen LogP contribution in [0.4, 0.5) is 24.5 Å². The van der Waals surface area contributed by atoms with Gasteiger partial charge in [0.2, 0.25) is 0 Å². The summed E-state index contributed by atoms with van der Waals surface area (Å²) in [5, 5.41) is 0. The van der Waals surface area contributed by atoms with Crippen molar-refractivity contribution in [3.8, 4) is 0 Å². The van der Waals surface area contributed by atoms with E-state index in [1.165, 1.54) is 29.2 Å². The lowest BCUT2D eigenvalue weighted by atomic mass is 10.0. The zero-order valence-corrected chi connectivity index (χ0v) is 15.8. The molecule has 0 aliphatic carbocycles.